The van der Waals surface area contributed by atoms with E-state index in [-0.39, 0.29) is 18.1 Å². The maximum atomic E-state index is 13.0. The number of aliphatic imine (C=N–C) groups is 2. The van der Waals surface area contributed by atoms with Crippen LogP contribution in [0.25, 0.3) is 0 Å². The summed E-state index contributed by atoms with van der Waals surface area (Å²) in [4.78, 5) is 44.7. The van der Waals surface area contributed by atoms with Crippen LogP contribution in [0.2, 0.25) is 0 Å². The molecule has 0 bridgehead atoms. The summed E-state index contributed by atoms with van der Waals surface area (Å²) < 4.78 is 0. The van der Waals surface area contributed by atoms with Crippen LogP contribution < -0.4 is 10.2 Å². The Bertz CT molecular complexity index is 1150. The number of aromatic nitrogens is 1. The van der Waals surface area contributed by atoms with Crippen molar-refractivity contribution in [2.75, 3.05) is 56.5 Å². The standard InChI is InChI=1S/C24H27N7O2/c1-16(32)27-22-6-3-17(15-26-22)21(33)14-23-28-20-13-18(30-11-9-29(2)10-12-30)4-5-19(20)24-25-7-8-31(23)24/h3-6,13,15H,7-12,14H2,1-2H3,(H,26,27,32). The molecule has 1 aromatic carbocycles. The lowest BCUT2D eigenvalue weighted by Crippen LogP contribution is -2.44. The second-order valence-electron chi connectivity index (χ2n) is 8.59. The molecule has 0 saturated carbocycles. The molecule has 3 aliphatic rings. The summed E-state index contributed by atoms with van der Waals surface area (Å²) in [6.45, 7) is 6.88. The number of carbonyl (C=O) groups is 2. The smallest absolute Gasteiger partial charge is 0.222 e. The Morgan fingerprint density at radius 1 is 1.06 bits per heavy atom. The number of benzene rings is 1. The monoisotopic (exact) mass is 445 g/mol. The molecular weight excluding hydrogens is 418 g/mol. The number of hydrogen-bond donors (Lipinski definition) is 1. The minimum atomic E-state index is -0.200. The lowest BCUT2D eigenvalue weighted by atomic mass is 10.0. The van der Waals surface area contributed by atoms with Crippen LogP contribution >= 0.6 is 0 Å². The highest BCUT2D eigenvalue weighted by atomic mass is 16.1. The second-order valence-corrected chi connectivity index (χ2v) is 8.59. The van der Waals surface area contributed by atoms with Crippen LogP contribution in [-0.2, 0) is 4.79 Å². The molecule has 0 radical (unpaired) electrons. The zero-order valence-electron chi connectivity index (χ0n) is 18.9. The van der Waals surface area contributed by atoms with E-state index in [4.69, 9.17) is 9.98 Å². The zero-order chi connectivity index (χ0) is 22.9. The van der Waals surface area contributed by atoms with Gasteiger partial charge in [0.1, 0.15) is 17.5 Å². The summed E-state index contributed by atoms with van der Waals surface area (Å²) in [6.07, 6.45) is 1.66. The minimum Gasteiger partial charge on any atom is -0.369 e. The Kier molecular flexibility index (Phi) is 5.63. The average molecular weight is 446 g/mol. The fourth-order valence-corrected chi connectivity index (χ4v) is 4.39. The molecule has 0 atom stereocenters. The van der Waals surface area contributed by atoms with Gasteiger partial charge in [0.25, 0.3) is 0 Å². The first kappa shape index (κ1) is 21.3. The van der Waals surface area contributed by atoms with E-state index < -0.39 is 0 Å². The van der Waals surface area contributed by atoms with Crippen LogP contribution in [-0.4, -0.2) is 84.5 Å². The first-order chi connectivity index (χ1) is 16.0. The molecule has 1 aromatic heterocycles. The topological polar surface area (TPSA) is 93.5 Å². The Balaban J connectivity index is 1.39. The number of amidine groups is 2. The van der Waals surface area contributed by atoms with E-state index in [2.05, 4.69) is 50.2 Å². The van der Waals surface area contributed by atoms with Crippen molar-refractivity contribution in [3.63, 3.8) is 0 Å². The molecule has 170 valence electrons. The Morgan fingerprint density at radius 2 is 1.88 bits per heavy atom. The number of carbonyl (C=O) groups excluding carboxylic acids is 2. The SMILES string of the molecule is CC(=O)Nc1ccc(C(=O)CC2=Nc3cc(N4CCN(C)CC4)ccc3C3=NCCN23)cn1. The van der Waals surface area contributed by atoms with Crippen molar-refractivity contribution in [2.45, 2.75) is 13.3 Å². The number of nitrogens with one attached hydrogen (secondary N) is 1. The lowest BCUT2D eigenvalue weighted by Gasteiger charge is -2.35. The third-order valence-electron chi connectivity index (χ3n) is 6.20. The normalized spacial score (nSPS) is 17.8. The third-order valence-corrected chi connectivity index (χ3v) is 6.20. The Hall–Kier alpha value is -3.59. The van der Waals surface area contributed by atoms with E-state index >= 15 is 0 Å². The van der Waals surface area contributed by atoms with Gasteiger partial charge in [0.2, 0.25) is 5.91 Å². The number of pyridine rings is 1. The quantitative estimate of drug-likeness (QED) is 0.709. The molecule has 3 aliphatic heterocycles. The van der Waals surface area contributed by atoms with Gasteiger partial charge in [-0.25, -0.2) is 9.98 Å². The molecule has 1 N–H and O–H groups in total. The minimum absolute atomic E-state index is 0.0689. The molecule has 0 unspecified atom stereocenters. The number of piperazine rings is 1. The number of fused-ring (bicyclic) bond motifs is 3. The van der Waals surface area contributed by atoms with E-state index in [0.29, 0.717) is 23.8 Å². The van der Waals surface area contributed by atoms with Crippen molar-refractivity contribution in [2.24, 2.45) is 9.98 Å². The molecule has 9 nitrogen and oxygen atoms in total. The van der Waals surface area contributed by atoms with Gasteiger partial charge in [0.15, 0.2) is 5.78 Å². The van der Waals surface area contributed by atoms with Gasteiger partial charge in [-0.3, -0.25) is 14.6 Å². The van der Waals surface area contributed by atoms with Gasteiger partial charge in [-0.1, -0.05) is 0 Å². The van der Waals surface area contributed by atoms with Gasteiger partial charge in [-0.2, -0.15) is 0 Å². The van der Waals surface area contributed by atoms with Crippen LogP contribution in [0.4, 0.5) is 17.2 Å². The fourth-order valence-electron chi connectivity index (χ4n) is 4.39. The summed E-state index contributed by atoms with van der Waals surface area (Å²) in [5.74, 6) is 1.76. The van der Waals surface area contributed by atoms with Crippen molar-refractivity contribution in [1.29, 1.82) is 0 Å². The van der Waals surface area contributed by atoms with Crippen molar-refractivity contribution in [3.8, 4) is 0 Å². The second kappa shape index (κ2) is 8.74. The molecule has 4 heterocycles. The Labute approximate surface area is 192 Å². The number of amides is 1. The van der Waals surface area contributed by atoms with Crippen LogP contribution in [0.5, 0.6) is 0 Å². The third kappa shape index (κ3) is 4.36. The van der Waals surface area contributed by atoms with Crippen molar-refractivity contribution in [1.82, 2.24) is 14.8 Å². The van der Waals surface area contributed by atoms with E-state index in [0.717, 1.165) is 55.5 Å². The van der Waals surface area contributed by atoms with Gasteiger partial charge in [0, 0.05) is 62.7 Å². The number of likely N-dealkylation sites (N-methyl/N-ethyl adjacent to an activating group) is 1. The molecule has 33 heavy (non-hydrogen) atoms. The van der Waals surface area contributed by atoms with Crippen molar-refractivity contribution >= 4 is 40.6 Å². The number of nitrogens with zero attached hydrogens (tertiary/aromatic N) is 6. The molecule has 0 spiro atoms. The highest BCUT2D eigenvalue weighted by molar-refractivity contribution is 6.21. The van der Waals surface area contributed by atoms with Crippen molar-refractivity contribution < 1.29 is 9.59 Å². The average Bonchev–Trinajstić information content (AvgIpc) is 3.30. The number of ketones is 1. The van der Waals surface area contributed by atoms with E-state index in [1.807, 2.05) is 0 Å². The number of rotatable bonds is 5. The summed E-state index contributed by atoms with van der Waals surface area (Å²) in [6, 6.07) is 9.69. The molecule has 2 aromatic rings. The van der Waals surface area contributed by atoms with Gasteiger partial charge in [-0.15, -0.1) is 0 Å². The van der Waals surface area contributed by atoms with E-state index in [9.17, 15) is 9.59 Å². The van der Waals surface area contributed by atoms with Gasteiger partial charge < -0.3 is 20.0 Å². The summed E-state index contributed by atoms with van der Waals surface area (Å²) >= 11 is 0. The summed E-state index contributed by atoms with van der Waals surface area (Å²) in [5, 5.41) is 2.61. The van der Waals surface area contributed by atoms with E-state index in [1.165, 1.54) is 13.1 Å². The number of anilines is 2. The van der Waals surface area contributed by atoms with Crippen LogP contribution in [0.1, 0.15) is 29.3 Å². The highest BCUT2D eigenvalue weighted by Gasteiger charge is 2.31. The molecular formula is C24H27N7O2. The van der Waals surface area contributed by atoms with Gasteiger partial charge >= 0.3 is 0 Å². The van der Waals surface area contributed by atoms with Crippen molar-refractivity contribution in [3.05, 3.63) is 47.7 Å². The molecule has 1 saturated heterocycles. The molecule has 5 rings (SSSR count). The van der Waals surface area contributed by atoms with Gasteiger partial charge in [0.05, 0.1) is 18.7 Å². The number of hydrogen-bond acceptors (Lipinski definition) is 8. The first-order valence-electron chi connectivity index (χ1n) is 11.2. The largest absolute Gasteiger partial charge is 0.369 e. The Morgan fingerprint density at radius 3 is 2.61 bits per heavy atom. The number of Topliss-reactive ketones (excluding diaryl/α,β-unsaturated/α-hetero) is 1. The highest BCUT2D eigenvalue weighted by Crippen LogP contribution is 2.33. The summed E-state index contributed by atoms with van der Waals surface area (Å²) in [7, 11) is 2.15. The predicted octanol–water partition coefficient (Wildman–Crippen LogP) is 2.17. The summed E-state index contributed by atoms with van der Waals surface area (Å²) in [5.41, 5.74) is 3.52. The fraction of sp³-hybridized carbons (Fsp3) is 0.375. The maximum absolute atomic E-state index is 13.0. The van der Waals surface area contributed by atoms with Crippen LogP contribution in [0.3, 0.4) is 0 Å². The first-order valence-corrected chi connectivity index (χ1v) is 11.2. The molecule has 0 aliphatic carbocycles. The lowest BCUT2D eigenvalue weighted by molar-refractivity contribution is -0.114. The van der Waals surface area contributed by atoms with Gasteiger partial charge in [-0.05, 0) is 37.4 Å². The molecule has 1 fully saturated rings. The maximum Gasteiger partial charge on any atom is 0.222 e. The van der Waals surface area contributed by atoms with Crippen LogP contribution in [0.15, 0.2) is 46.5 Å². The van der Waals surface area contributed by atoms with Crippen LogP contribution in [0, 0.1) is 0 Å². The molecule has 1 amide bonds. The zero-order valence-corrected chi connectivity index (χ0v) is 18.9. The van der Waals surface area contributed by atoms with E-state index in [1.54, 1.807) is 12.1 Å². The molecule has 9 heteroatoms. The predicted molar refractivity (Wildman–Crippen MR) is 129 cm³/mol.